The summed E-state index contributed by atoms with van der Waals surface area (Å²) in [6.07, 6.45) is 0.920. The molecule has 0 aromatic heterocycles. The highest BCUT2D eigenvalue weighted by atomic mass is 35.5. The molecule has 1 unspecified atom stereocenters. The topological polar surface area (TPSA) is 102 Å². The second-order valence-electron chi connectivity index (χ2n) is 7.20. The lowest BCUT2D eigenvalue weighted by Crippen LogP contribution is -2.24. The molecule has 3 N–H and O–H groups in total. The highest BCUT2D eigenvalue weighted by Crippen LogP contribution is 2.25. The zero-order valence-electron chi connectivity index (χ0n) is 17.4. The number of carboxylic acids is 1. The van der Waals surface area contributed by atoms with Crippen LogP contribution in [-0.2, 0) is 0 Å². The third kappa shape index (κ3) is 5.52. The molecule has 3 aromatic rings. The second-order valence-corrected chi connectivity index (χ2v) is 7.64. The van der Waals surface area contributed by atoms with E-state index in [9.17, 15) is 20.0 Å². The van der Waals surface area contributed by atoms with E-state index in [0.29, 0.717) is 11.1 Å². The lowest BCUT2D eigenvalue weighted by atomic mass is 9.95. The van der Waals surface area contributed by atoms with Crippen molar-refractivity contribution in [1.29, 1.82) is 5.26 Å². The van der Waals surface area contributed by atoms with Gasteiger partial charge < -0.3 is 15.7 Å². The first kappa shape index (κ1) is 23.0. The van der Waals surface area contributed by atoms with Gasteiger partial charge in [0.2, 0.25) is 0 Å². The fraction of sp³-hybridized carbons (Fsp3) is 0.160. The van der Waals surface area contributed by atoms with Crippen molar-refractivity contribution in [3.63, 3.8) is 0 Å². The first-order chi connectivity index (χ1) is 15.4. The minimum atomic E-state index is -1.18. The second kappa shape index (κ2) is 10.6. The van der Waals surface area contributed by atoms with Gasteiger partial charge in [-0.25, -0.2) is 4.79 Å². The Balaban J connectivity index is 1.92. The minimum Gasteiger partial charge on any atom is -0.478 e. The van der Waals surface area contributed by atoms with Gasteiger partial charge in [-0.05, 0) is 66.6 Å². The number of carbonyl (C=O) groups excluding carboxylic acids is 1. The van der Waals surface area contributed by atoms with Crippen LogP contribution < -0.4 is 10.6 Å². The Morgan fingerprint density at radius 1 is 1.06 bits per heavy atom. The normalized spacial score (nSPS) is 11.4. The number of carboxylic acid groups (broad SMARTS) is 1. The summed E-state index contributed by atoms with van der Waals surface area (Å²) in [7, 11) is 0. The Morgan fingerprint density at radius 2 is 1.78 bits per heavy atom. The van der Waals surface area contributed by atoms with Gasteiger partial charge in [0.15, 0.2) is 0 Å². The summed E-state index contributed by atoms with van der Waals surface area (Å²) in [4.78, 5) is 24.4. The van der Waals surface area contributed by atoms with Crippen LogP contribution >= 0.6 is 11.6 Å². The third-order valence-corrected chi connectivity index (χ3v) is 5.12. The van der Waals surface area contributed by atoms with Crippen molar-refractivity contribution in [1.82, 2.24) is 5.32 Å². The number of nitrogens with one attached hydrogen (secondary N) is 2. The van der Waals surface area contributed by atoms with Crippen LogP contribution in [0, 0.1) is 11.3 Å². The highest BCUT2D eigenvalue weighted by molar-refractivity contribution is 6.31. The number of amides is 1. The van der Waals surface area contributed by atoms with Gasteiger partial charge in [-0.15, -0.1) is 0 Å². The first-order valence-corrected chi connectivity index (χ1v) is 10.5. The number of carbonyl (C=O) groups is 2. The number of anilines is 1. The Labute approximate surface area is 191 Å². The van der Waals surface area contributed by atoms with Crippen LogP contribution in [-0.4, -0.2) is 23.5 Å². The van der Waals surface area contributed by atoms with Crippen molar-refractivity contribution >= 4 is 29.2 Å². The van der Waals surface area contributed by atoms with Gasteiger partial charge in [-0.2, -0.15) is 5.26 Å². The molecule has 1 amide bonds. The summed E-state index contributed by atoms with van der Waals surface area (Å²) in [6, 6.07) is 20.7. The number of aromatic carboxylic acids is 1. The maximum atomic E-state index is 12.9. The van der Waals surface area contributed by atoms with Crippen molar-refractivity contribution < 1.29 is 14.7 Å². The highest BCUT2D eigenvalue weighted by Gasteiger charge is 2.18. The molecule has 0 aliphatic carbocycles. The fourth-order valence-electron chi connectivity index (χ4n) is 3.36. The maximum absolute atomic E-state index is 12.9. The lowest BCUT2D eigenvalue weighted by Gasteiger charge is -2.20. The van der Waals surface area contributed by atoms with Gasteiger partial charge in [0, 0.05) is 10.6 Å². The van der Waals surface area contributed by atoms with Crippen molar-refractivity contribution in [3.8, 4) is 6.07 Å². The van der Waals surface area contributed by atoms with Crippen LogP contribution in [0.2, 0.25) is 5.02 Å². The number of halogens is 1. The number of benzene rings is 3. The molecule has 32 heavy (non-hydrogen) atoms. The van der Waals surface area contributed by atoms with E-state index in [1.807, 2.05) is 24.3 Å². The molecule has 0 aliphatic heterocycles. The molecule has 0 spiro atoms. The Bertz CT molecular complexity index is 1190. The SMILES string of the molecule is CCCNC(c1cccc(C#N)c1)c1cccc(C(=O)Nc2ccc(Cl)cc2C(=O)O)c1. The molecule has 0 aliphatic rings. The van der Waals surface area contributed by atoms with Gasteiger partial charge >= 0.3 is 5.97 Å². The smallest absolute Gasteiger partial charge is 0.337 e. The molecule has 3 rings (SSSR count). The Morgan fingerprint density at radius 3 is 2.47 bits per heavy atom. The molecule has 3 aromatic carbocycles. The molecule has 0 saturated carbocycles. The van der Waals surface area contributed by atoms with Gasteiger partial charge in [-0.3, -0.25) is 4.79 Å². The zero-order valence-corrected chi connectivity index (χ0v) is 18.2. The predicted molar refractivity (Wildman–Crippen MR) is 124 cm³/mol. The molecule has 0 fully saturated rings. The summed E-state index contributed by atoms with van der Waals surface area (Å²) in [6.45, 7) is 2.82. The van der Waals surface area contributed by atoms with Crippen LogP contribution in [0.15, 0.2) is 66.7 Å². The van der Waals surface area contributed by atoms with Crippen molar-refractivity contribution in [2.45, 2.75) is 19.4 Å². The average molecular weight is 448 g/mol. The van der Waals surface area contributed by atoms with Crippen LogP contribution in [0.3, 0.4) is 0 Å². The van der Waals surface area contributed by atoms with Crippen LogP contribution in [0.1, 0.15) is 56.8 Å². The molecule has 1 atom stereocenters. The van der Waals surface area contributed by atoms with Crippen molar-refractivity contribution in [2.24, 2.45) is 0 Å². The molecule has 0 bridgehead atoms. The predicted octanol–water partition coefficient (Wildman–Crippen LogP) is 5.25. The molecule has 7 heteroatoms. The molecular formula is C25H22ClN3O3. The number of rotatable bonds is 8. The zero-order chi connectivity index (χ0) is 23.1. The monoisotopic (exact) mass is 447 g/mol. The summed E-state index contributed by atoms with van der Waals surface area (Å²) >= 11 is 5.89. The minimum absolute atomic E-state index is 0.0854. The summed E-state index contributed by atoms with van der Waals surface area (Å²) in [5, 5.41) is 25.1. The molecular weight excluding hydrogens is 426 g/mol. The van der Waals surface area contributed by atoms with Crippen molar-refractivity contribution in [2.75, 3.05) is 11.9 Å². The van der Waals surface area contributed by atoms with Gasteiger partial charge in [-0.1, -0.05) is 42.8 Å². The van der Waals surface area contributed by atoms with E-state index in [1.165, 1.54) is 18.2 Å². The molecule has 0 heterocycles. The number of nitriles is 1. The van der Waals surface area contributed by atoms with Gasteiger partial charge in [0.05, 0.1) is 28.9 Å². The van der Waals surface area contributed by atoms with Crippen molar-refractivity contribution in [3.05, 3.63) is 99.6 Å². The average Bonchev–Trinajstić information content (AvgIpc) is 2.80. The molecule has 6 nitrogen and oxygen atoms in total. The van der Waals surface area contributed by atoms with E-state index in [2.05, 4.69) is 23.6 Å². The first-order valence-electron chi connectivity index (χ1n) is 10.1. The number of hydrogen-bond acceptors (Lipinski definition) is 4. The standard InChI is InChI=1S/C25H22ClN3O3/c1-2-11-28-23(17-6-3-5-16(12-17)15-27)18-7-4-8-19(13-18)24(30)29-22-10-9-20(26)14-21(22)25(31)32/h3-10,12-14,23,28H,2,11H2,1H3,(H,29,30)(H,31,32). The lowest BCUT2D eigenvalue weighted by molar-refractivity contribution is 0.0698. The summed E-state index contributed by atoms with van der Waals surface area (Å²) in [5.74, 6) is -1.62. The van der Waals surface area contributed by atoms with Gasteiger partial charge in [0.1, 0.15) is 0 Å². The Hall–Kier alpha value is -3.66. The van der Waals surface area contributed by atoms with E-state index >= 15 is 0 Å². The van der Waals surface area contributed by atoms with Gasteiger partial charge in [0.25, 0.3) is 5.91 Å². The van der Waals surface area contributed by atoms with Crippen LogP contribution in [0.4, 0.5) is 5.69 Å². The van der Waals surface area contributed by atoms with E-state index in [4.69, 9.17) is 11.6 Å². The quantitative estimate of drug-likeness (QED) is 0.437. The third-order valence-electron chi connectivity index (χ3n) is 4.89. The largest absolute Gasteiger partial charge is 0.478 e. The summed E-state index contributed by atoms with van der Waals surface area (Å²) in [5.41, 5.74) is 2.80. The van der Waals surface area contributed by atoms with E-state index in [0.717, 1.165) is 24.1 Å². The van der Waals surface area contributed by atoms with Crippen LogP contribution in [0.25, 0.3) is 0 Å². The fourth-order valence-corrected chi connectivity index (χ4v) is 3.53. The summed E-state index contributed by atoms with van der Waals surface area (Å²) < 4.78 is 0. The van der Waals surface area contributed by atoms with Crippen LogP contribution in [0.5, 0.6) is 0 Å². The maximum Gasteiger partial charge on any atom is 0.337 e. The van der Waals surface area contributed by atoms with E-state index in [1.54, 1.807) is 24.3 Å². The number of hydrogen-bond donors (Lipinski definition) is 3. The van der Waals surface area contributed by atoms with E-state index in [-0.39, 0.29) is 22.3 Å². The molecule has 0 saturated heterocycles. The molecule has 0 radical (unpaired) electrons. The number of nitrogens with zero attached hydrogens (tertiary/aromatic N) is 1. The molecule has 162 valence electrons. The van der Waals surface area contributed by atoms with E-state index < -0.39 is 11.9 Å². The Kier molecular flexibility index (Phi) is 7.61.